The Labute approximate surface area is 96.2 Å². The van der Waals surface area contributed by atoms with E-state index in [1.54, 1.807) is 4.90 Å². The lowest BCUT2D eigenvalue weighted by molar-refractivity contribution is -0.141. The first-order valence-electron chi connectivity index (χ1n) is 4.72. The zero-order valence-corrected chi connectivity index (χ0v) is 9.56. The largest absolute Gasteiger partial charge is 0.481 e. The summed E-state index contributed by atoms with van der Waals surface area (Å²) in [4.78, 5) is 23.6. The van der Waals surface area contributed by atoms with Crippen LogP contribution in [-0.2, 0) is 9.59 Å². The summed E-state index contributed by atoms with van der Waals surface area (Å²) in [5.41, 5.74) is 0. The number of carboxylic acid groups (broad SMARTS) is 1. The van der Waals surface area contributed by atoms with E-state index in [9.17, 15) is 9.59 Å². The molecule has 0 saturated carbocycles. The van der Waals surface area contributed by atoms with Gasteiger partial charge in [0.1, 0.15) is 0 Å². The molecule has 104 valence electrons. The van der Waals surface area contributed by atoms with Crippen LogP contribution in [-0.4, -0.2) is 34.5 Å². The summed E-state index contributed by atoms with van der Waals surface area (Å²) >= 11 is 0. The summed E-state index contributed by atoms with van der Waals surface area (Å²) in [6.45, 7) is 4.32. The summed E-state index contributed by atoms with van der Waals surface area (Å²) < 4.78 is 16.0. The molecule has 1 amide bonds. The van der Waals surface area contributed by atoms with E-state index >= 15 is 0 Å². The van der Waals surface area contributed by atoms with Gasteiger partial charge < -0.3 is 10.0 Å². The van der Waals surface area contributed by atoms with E-state index in [-0.39, 0.29) is 27.8 Å². The van der Waals surface area contributed by atoms with Gasteiger partial charge in [0.15, 0.2) is 0 Å². The average Bonchev–Trinajstić information content (AvgIpc) is 2.62. The van der Waals surface area contributed by atoms with Crippen LogP contribution in [0.4, 0.5) is 18.6 Å². The second kappa shape index (κ2) is 9.86. The van der Waals surface area contributed by atoms with Crippen molar-refractivity contribution < 1.29 is 33.3 Å². The second-order valence-corrected chi connectivity index (χ2v) is 3.54. The molecule has 1 rings (SSSR count). The second-order valence-electron chi connectivity index (χ2n) is 3.54. The molecule has 0 aromatic rings. The van der Waals surface area contributed by atoms with E-state index in [0.29, 0.717) is 6.54 Å². The molecular weight excluding hydrogens is 246 g/mol. The van der Waals surface area contributed by atoms with Crippen LogP contribution in [0.25, 0.3) is 0 Å². The van der Waals surface area contributed by atoms with Crippen molar-refractivity contribution in [3.8, 4) is 0 Å². The molecule has 1 aliphatic rings. The van der Waals surface area contributed by atoms with Crippen LogP contribution in [0.5, 0.6) is 0 Å². The first-order chi connectivity index (χ1) is 7.06. The van der Waals surface area contributed by atoms with Crippen molar-refractivity contribution in [1.29, 1.82) is 0 Å². The lowest BCUT2D eigenvalue weighted by Crippen LogP contribution is -2.34. The van der Waals surface area contributed by atoms with Crippen LogP contribution >= 0.6 is 0 Å². The number of rotatable bonds is 3. The first-order valence-corrected chi connectivity index (χ1v) is 4.72. The number of carboxylic acids is 1. The van der Waals surface area contributed by atoms with Crippen LogP contribution in [0.3, 0.4) is 0 Å². The number of hydrogen-bond acceptors (Lipinski definition) is 2. The monoisotopic (exact) mass is 263 g/mol. The van der Waals surface area contributed by atoms with Crippen molar-refractivity contribution in [2.75, 3.05) is 6.54 Å². The summed E-state index contributed by atoms with van der Waals surface area (Å²) in [5.74, 6) is -1.39. The van der Waals surface area contributed by atoms with Gasteiger partial charge in [-0.15, -0.1) is 0 Å². The molecule has 1 unspecified atom stereocenters. The van der Waals surface area contributed by atoms with Gasteiger partial charge in [-0.25, -0.2) is 0 Å². The van der Waals surface area contributed by atoms with Crippen molar-refractivity contribution in [2.24, 2.45) is 5.92 Å². The SMILES string of the molecule is CC[C@H](C)N1CC(C(=O)O)CC1=O.F.F.FF. The normalized spacial score (nSPS) is 19.4. The lowest BCUT2D eigenvalue weighted by Gasteiger charge is -2.22. The van der Waals surface area contributed by atoms with Crippen molar-refractivity contribution in [3.05, 3.63) is 0 Å². The van der Waals surface area contributed by atoms with Gasteiger partial charge in [-0.2, -0.15) is 0 Å². The van der Waals surface area contributed by atoms with Gasteiger partial charge in [0.25, 0.3) is 0 Å². The fraction of sp³-hybridized carbons (Fsp3) is 0.778. The smallest absolute Gasteiger partial charge is 0.308 e. The number of carbonyl (C=O) groups is 2. The molecule has 2 atom stereocenters. The molecule has 0 aromatic carbocycles. The number of amides is 1. The fourth-order valence-electron chi connectivity index (χ4n) is 1.54. The third kappa shape index (κ3) is 5.50. The Balaban J connectivity index is -0.000000464. The number of nitrogens with zero attached hydrogens (tertiary/aromatic N) is 1. The van der Waals surface area contributed by atoms with Gasteiger partial charge in [0, 0.05) is 28.2 Å². The Morgan fingerprint density at radius 3 is 2.29 bits per heavy atom. The Bertz CT molecular complexity index is 240. The highest BCUT2D eigenvalue weighted by molar-refractivity contribution is 5.86. The minimum Gasteiger partial charge on any atom is -0.481 e. The van der Waals surface area contributed by atoms with Gasteiger partial charge in [0.05, 0.1) is 5.92 Å². The molecule has 0 aromatic heterocycles. The predicted molar refractivity (Wildman–Crippen MR) is 54.4 cm³/mol. The summed E-state index contributed by atoms with van der Waals surface area (Å²) in [6, 6.07) is 0.164. The van der Waals surface area contributed by atoms with Crippen LogP contribution in [0, 0.1) is 5.92 Å². The predicted octanol–water partition coefficient (Wildman–Crippen LogP) is 1.86. The molecule has 1 N–H and O–H groups in total. The van der Waals surface area contributed by atoms with Crippen LogP contribution in [0.2, 0.25) is 0 Å². The van der Waals surface area contributed by atoms with Gasteiger partial charge in [0.2, 0.25) is 5.91 Å². The maximum atomic E-state index is 11.4. The number of carbonyl (C=O) groups excluding carboxylic acids is 1. The van der Waals surface area contributed by atoms with Gasteiger partial charge in [-0.1, -0.05) is 6.92 Å². The minimum absolute atomic E-state index is 0. The highest BCUT2D eigenvalue weighted by atomic mass is 20.0. The quantitative estimate of drug-likeness (QED) is 0.791. The third-order valence-corrected chi connectivity index (χ3v) is 2.63. The van der Waals surface area contributed by atoms with Crippen molar-refractivity contribution >= 4 is 11.9 Å². The summed E-state index contributed by atoms with van der Waals surface area (Å²) in [5, 5.41) is 8.72. The van der Waals surface area contributed by atoms with Crippen LogP contribution in [0.1, 0.15) is 26.7 Å². The zero-order chi connectivity index (χ0) is 12.0. The highest BCUT2D eigenvalue weighted by Crippen LogP contribution is 2.21. The average molecular weight is 263 g/mol. The molecule has 0 spiro atoms. The highest BCUT2D eigenvalue weighted by Gasteiger charge is 2.35. The van der Waals surface area contributed by atoms with Gasteiger partial charge in [-0.3, -0.25) is 19.0 Å². The molecule has 4 nitrogen and oxygen atoms in total. The van der Waals surface area contributed by atoms with Crippen molar-refractivity contribution in [1.82, 2.24) is 4.90 Å². The number of aliphatic carboxylic acids is 1. The molecule has 0 bridgehead atoms. The van der Waals surface area contributed by atoms with E-state index in [1.807, 2.05) is 13.8 Å². The minimum atomic E-state index is -0.862. The first kappa shape index (κ1) is 21.0. The fourth-order valence-corrected chi connectivity index (χ4v) is 1.54. The van der Waals surface area contributed by atoms with E-state index in [2.05, 4.69) is 0 Å². The summed E-state index contributed by atoms with van der Waals surface area (Å²) in [7, 11) is 0. The molecular formula is C9H17F4NO3. The molecule has 0 radical (unpaired) electrons. The van der Waals surface area contributed by atoms with Crippen molar-refractivity contribution in [2.45, 2.75) is 32.7 Å². The number of hydrogen-bond donors (Lipinski definition) is 1. The Morgan fingerprint density at radius 1 is 1.53 bits per heavy atom. The van der Waals surface area contributed by atoms with Gasteiger partial charge >= 0.3 is 5.97 Å². The summed E-state index contributed by atoms with van der Waals surface area (Å²) in [6.07, 6.45) is 1.04. The molecule has 0 aliphatic carbocycles. The molecule has 1 heterocycles. The van der Waals surface area contributed by atoms with E-state index in [0.717, 1.165) is 6.42 Å². The molecule has 8 heteroatoms. The zero-order valence-electron chi connectivity index (χ0n) is 9.56. The van der Waals surface area contributed by atoms with E-state index in [4.69, 9.17) is 14.3 Å². The number of halogens is 4. The topological polar surface area (TPSA) is 57.6 Å². The van der Waals surface area contributed by atoms with Gasteiger partial charge in [-0.05, 0) is 13.3 Å². The third-order valence-electron chi connectivity index (χ3n) is 2.63. The van der Waals surface area contributed by atoms with Crippen molar-refractivity contribution in [3.63, 3.8) is 0 Å². The lowest BCUT2D eigenvalue weighted by atomic mass is 10.1. The van der Waals surface area contributed by atoms with Crippen LogP contribution < -0.4 is 0 Å². The van der Waals surface area contributed by atoms with E-state index < -0.39 is 11.9 Å². The van der Waals surface area contributed by atoms with Crippen LogP contribution in [0.15, 0.2) is 0 Å². The van der Waals surface area contributed by atoms with E-state index in [1.165, 1.54) is 0 Å². The molecule has 1 fully saturated rings. The standard InChI is InChI=1S/C9H15NO3.F2.2FH/c1-3-6(2)10-5-7(9(12)13)4-8(10)11;1-2;;/h6-7H,3-5H2,1-2H3,(H,12,13);;2*1H/t6-,7?;;;/m0.../s1. The maximum absolute atomic E-state index is 11.4. The Hall–Kier alpha value is -1.34. The maximum Gasteiger partial charge on any atom is 0.308 e. The number of likely N-dealkylation sites (tertiary alicyclic amines) is 1. The Morgan fingerprint density at radius 2 is 2.00 bits per heavy atom. The molecule has 17 heavy (non-hydrogen) atoms. The molecule has 1 aliphatic heterocycles. The Kier molecular flexibility index (Phi) is 12.2. The molecule has 1 saturated heterocycles.